The van der Waals surface area contributed by atoms with Crippen LogP contribution in [-0.4, -0.2) is 23.9 Å². The summed E-state index contributed by atoms with van der Waals surface area (Å²) in [5, 5.41) is 9.62. The molecule has 0 heterocycles. The van der Waals surface area contributed by atoms with Crippen LogP contribution >= 0.6 is 0 Å². The Morgan fingerprint density at radius 3 is 2.54 bits per heavy atom. The fourth-order valence-corrected chi connectivity index (χ4v) is 1.99. The van der Waals surface area contributed by atoms with Gasteiger partial charge in [0.2, 0.25) is 0 Å². The lowest BCUT2D eigenvalue weighted by molar-refractivity contribution is 0.00521. The largest absolute Gasteiger partial charge is 0.393 e. The maximum absolute atomic E-state index is 9.62. The second-order valence-electron chi connectivity index (χ2n) is 4.76. The number of ether oxygens (including phenoxy) is 1. The van der Waals surface area contributed by atoms with E-state index in [9.17, 15) is 5.11 Å². The fourth-order valence-electron chi connectivity index (χ4n) is 1.99. The molecule has 2 nitrogen and oxygen atoms in total. The van der Waals surface area contributed by atoms with Crippen molar-refractivity contribution in [1.82, 2.24) is 0 Å². The molecule has 1 fully saturated rings. The molecule has 0 radical (unpaired) electrons. The number of hydrogen-bond donors (Lipinski definition) is 1. The minimum absolute atomic E-state index is 0.0255. The van der Waals surface area contributed by atoms with Gasteiger partial charge in [-0.05, 0) is 45.4 Å². The average Bonchev–Trinajstić information content (AvgIpc) is 2.48. The first-order chi connectivity index (χ1) is 6.05. The Labute approximate surface area is 81.3 Å². The van der Waals surface area contributed by atoms with Gasteiger partial charge >= 0.3 is 0 Å². The van der Waals surface area contributed by atoms with E-state index >= 15 is 0 Å². The van der Waals surface area contributed by atoms with Crippen molar-refractivity contribution in [3.8, 4) is 0 Å². The highest BCUT2D eigenvalue weighted by Gasteiger charge is 2.27. The van der Waals surface area contributed by atoms with E-state index in [-0.39, 0.29) is 11.7 Å². The van der Waals surface area contributed by atoms with Crippen molar-refractivity contribution in [2.75, 3.05) is 7.11 Å². The van der Waals surface area contributed by atoms with Gasteiger partial charge in [-0.15, -0.1) is 0 Å². The number of aliphatic hydroxyl groups excluding tert-OH is 1. The van der Waals surface area contributed by atoms with Gasteiger partial charge in [-0.3, -0.25) is 0 Å². The first-order valence-corrected chi connectivity index (χ1v) is 5.28. The lowest BCUT2D eigenvalue weighted by Gasteiger charge is -2.25. The predicted molar refractivity (Wildman–Crippen MR) is 53.7 cm³/mol. The Kier molecular flexibility index (Phi) is 3.74. The lowest BCUT2D eigenvalue weighted by atomic mass is 9.93. The minimum Gasteiger partial charge on any atom is -0.393 e. The van der Waals surface area contributed by atoms with E-state index in [0.29, 0.717) is 5.92 Å². The molecule has 1 aliphatic rings. The van der Waals surface area contributed by atoms with Gasteiger partial charge in [0, 0.05) is 7.11 Å². The molecule has 0 aromatic heterocycles. The van der Waals surface area contributed by atoms with Crippen LogP contribution in [0.15, 0.2) is 0 Å². The molecule has 78 valence electrons. The quantitative estimate of drug-likeness (QED) is 0.730. The zero-order valence-corrected chi connectivity index (χ0v) is 9.05. The maximum Gasteiger partial charge on any atom is 0.0622 e. The van der Waals surface area contributed by atoms with E-state index in [1.165, 1.54) is 12.8 Å². The molecule has 2 atom stereocenters. The highest BCUT2D eigenvalue weighted by atomic mass is 16.5. The number of rotatable bonds is 4. The van der Waals surface area contributed by atoms with Crippen LogP contribution in [0.2, 0.25) is 0 Å². The third-order valence-corrected chi connectivity index (χ3v) is 3.29. The van der Waals surface area contributed by atoms with Crippen LogP contribution in [0.4, 0.5) is 0 Å². The molecular weight excluding hydrogens is 164 g/mol. The van der Waals surface area contributed by atoms with Gasteiger partial charge in [0.05, 0.1) is 11.7 Å². The van der Waals surface area contributed by atoms with E-state index in [0.717, 1.165) is 19.3 Å². The van der Waals surface area contributed by atoms with Crippen LogP contribution in [-0.2, 0) is 4.74 Å². The van der Waals surface area contributed by atoms with E-state index in [1.54, 1.807) is 7.11 Å². The molecule has 0 saturated heterocycles. The molecule has 0 amide bonds. The molecule has 0 aromatic carbocycles. The molecular formula is C11H22O2. The Bertz CT molecular complexity index is 154. The number of aliphatic hydroxyl groups is 1. The fraction of sp³-hybridized carbons (Fsp3) is 1.00. The summed E-state index contributed by atoms with van der Waals surface area (Å²) < 4.78 is 5.35. The molecule has 1 N–H and O–H groups in total. The van der Waals surface area contributed by atoms with Crippen LogP contribution in [0.25, 0.3) is 0 Å². The second kappa shape index (κ2) is 4.43. The Balaban J connectivity index is 2.25. The Hall–Kier alpha value is -0.0800. The van der Waals surface area contributed by atoms with E-state index < -0.39 is 0 Å². The minimum atomic E-state index is -0.0485. The summed E-state index contributed by atoms with van der Waals surface area (Å²) >= 11 is 0. The van der Waals surface area contributed by atoms with Gasteiger partial charge in [0.25, 0.3) is 0 Å². The smallest absolute Gasteiger partial charge is 0.0622 e. The highest BCUT2D eigenvalue weighted by Crippen LogP contribution is 2.31. The Morgan fingerprint density at radius 1 is 1.38 bits per heavy atom. The average molecular weight is 186 g/mol. The highest BCUT2D eigenvalue weighted by molar-refractivity contribution is 4.79. The molecule has 1 aliphatic carbocycles. The van der Waals surface area contributed by atoms with Gasteiger partial charge < -0.3 is 9.84 Å². The third-order valence-electron chi connectivity index (χ3n) is 3.29. The van der Waals surface area contributed by atoms with Crippen LogP contribution in [0.3, 0.4) is 0 Å². The third kappa shape index (κ3) is 3.28. The molecule has 13 heavy (non-hydrogen) atoms. The first kappa shape index (κ1) is 11.0. The van der Waals surface area contributed by atoms with Crippen molar-refractivity contribution in [1.29, 1.82) is 0 Å². The molecule has 0 spiro atoms. The van der Waals surface area contributed by atoms with Crippen LogP contribution < -0.4 is 0 Å². The first-order valence-electron chi connectivity index (χ1n) is 5.28. The van der Waals surface area contributed by atoms with Crippen molar-refractivity contribution in [2.24, 2.45) is 5.92 Å². The summed E-state index contributed by atoms with van der Waals surface area (Å²) in [5.74, 6) is 0.523. The molecule has 1 saturated carbocycles. The van der Waals surface area contributed by atoms with Gasteiger partial charge in [-0.1, -0.05) is 6.42 Å². The summed E-state index contributed by atoms with van der Waals surface area (Å²) in [7, 11) is 1.76. The van der Waals surface area contributed by atoms with E-state index in [4.69, 9.17) is 4.74 Å². The monoisotopic (exact) mass is 186 g/mol. The summed E-state index contributed by atoms with van der Waals surface area (Å²) in [6, 6.07) is 0. The van der Waals surface area contributed by atoms with Gasteiger partial charge in [0.15, 0.2) is 0 Å². The summed E-state index contributed by atoms with van der Waals surface area (Å²) in [6.07, 6.45) is 5.48. The molecule has 2 heteroatoms. The summed E-state index contributed by atoms with van der Waals surface area (Å²) in [4.78, 5) is 0. The van der Waals surface area contributed by atoms with Crippen LogP contribution in [0, 0.1) is 5.92 Å². The van der Waals surface area contributed by atoms with Crippen molar-refractivity contribution < 1.29 is 9.84 Å². The lowest BCUT2D eigenvalue weighted by Crippen LogP contribution is -2.25. The zero-order valence-electron chi connectivity index (χ0n) is 9.05. The van der Waals surface area contributed by atoms with Crippen LogP contribution in [0.1, 0.15) is 46.0 Å². The topological polar surface area (TPSA) is 29.5 Å². The molecule has 0 aromatic rings. The predicted octanol–water partition coefficient (Wildman–Crippen LogP) is 2.35. The van der Waals surface area contributed by atoms with Crippen molar-refractivity contribution in [2.45, 2.75) is 57.7 Å². The molecule has 2 unspecified atom stereocenters. The standard InChI is InChI=1S/C11H22O2/c1-11(2,13-3)8-7-9-5-4-6-10(9)12/h9-10,12H,4-8H2,1-3H3. The van der Waals surface area contributed by atoms with E-state index in [1.807, 2.05) is 0 Å². The van der Waals surface area contributed by atoms with E-state index in [2.05, 4.69) is 13.8 Å². The number of methoxy groups -OCH3 is 1. The second-order valence-corrected chi connectivity index (χ2v) is 4.76. The van der Waals surface area contributed by atoms with Gasteiger partial charge in [0.1, 0.15) is 0 Å². The van der Waals surface area contributed by atoms with Gasteiger partial charge in [-0.2, -0.15) is 0 Å². The molecule has 0 aliphatic heterocycles. The SMILES string of the molecule is COC(C)(C)CCC1CCCC1O. The molecule has 0 bridgehead atoms. The van der Waals surface area contributed by atoms with Gasteiger partial charge in [-0.25, -0.2) is 0 Å². The molecule has 1 rings (SSSR count). The van der Waals surface area contributed by atoms with Crippen molar-refractivity contribution in [3.63, 3.8) is 0 Å². The Morgan fingerprint density at radius 2 is 2.08 bits per heavy atom. The van der Waals surface area contributed by atoms with Crippen LogP contribution in [0.5, 0.6) is 0 Å². The summed E-state index contributed by atoms with van der Waals surface area (Å²) in [6.45, 7) is 4.21. The number of hydrogen-bond acceptors (Lipinski definition) is 2. The zero-order chi connectivity index (χ0) is 9.90. The normalized spacial score (nSPS) is 29.5. The van der Waals surface area contributed by atoms with Crippen molar-refractivity contribution >= 4 is 0 Å². The summed E-state index contributed by atoms with van der Waals surface area (Å²) in [5.41, 5.74) is -0.0255. The maximum atomic E-state index is 9.62. The van der Waals surface area contributed by atoms with Crippen molar-refractivity contribution in [3.05, 3.63) is 0 Å².